The van der Waals surface area contributed by atoms with E-state index in [0.717, 1.165) is 6.54 Å². The first-order valence-electron chi connectivity index (χ1n) is 9.17. The molecule has 2 heterocycles. The zero-order chi connectivity index (χ0) is 18.5. The summed E-state index contributed by atoms with van der Waals surface area (Å²) in [6.07, 6.45) is 0.446. The van der Waals surface area contributed by atoms with Crippen LogP contribution in [0.25, 0.3) is 0 Å². The van der Waals surface area contributed by atoms with Crippen LogP contribution >= 0.6 is 12.4 Å². The molecular weight excluding hydrogens is 370 g/mol. The minimum absolute atomic E-state index is 0. The van der Waals surface area contributed by atoms with Gasteiger partial charge in [0.1, 0.15) is 0 Å². The second kappa shape index (κ2) is 10.0. The predicted octanol–water partition coefficient (Wildman–Crippen LogP) is 1.67. The van der Waals surface area contributed by atoms with Crippen molar-refractivity contribution in [2.75, 3.05) is 38.2 Å². The van der Waals surface area contributed by atoms with Gasteiger partial charge in [-0.05, 0) is 38.1 Å². The fourth-order valence-electron chi connectivity index (χ4n) is 3.41. The van der Waals surface area contributed by atoms with Crippen molar-refractivity contribution in [1.82, 2.24) is 10.2 Å². The number of nitrogens with zero attached hydrogens (tertiary/aromatic N) is 1. The summed E-state index contributed by atoms with van der Waals surface area (Å²) in [5, 5.41) is 6.13. The van der Waals surface area contributed by atoms with Gasteiger partial charge < -0.3 is 25.0 Å². The van der Waals surface area contributed by atoms with Crippen molar-refractivity contribution in [3.63, 3.8) is 0 Å². The molecule has 0 spiro atoms. The summed E-state index contributed by atoms with van der Waals surface area (Å²) in [5.74, 6) is -0.0728. The normalized spacial score (nSPS) is 25.4. The Hall–Kier alpha value is -1.67. The maximum absolute atomic E-state index is 12.6. The first-order valence-corrected chi connectivity index (χ1v) is 9.17. The van der Waals surface area contributed by atoms with Gasteiger partial charge in [-0.1, -0.05) is 0 Å². The van der Waals surface area contributed by atoms with Crippen molar-refractivity contribution < 1.29 is 19.1 Å². The monoisotopic (exact) mass is 397 g/mol. The van der Waals surface area contributed by atoms with Crippen molar-refractivity contribution >= 4 is 29.9 Å². The third kappa shape index (κ3) is 6.17. The number of carbonyl (C=O) groups excluding carboxylic acids is 2. The average Bonchev–Trinajstić information content (AvgIpc) is 2.61. The van der Waals surface area contributed by atoms with Gasteiger partial charge in [0, 0.05) is 43.3 Å². The number of hydrogen-bond donors (Lipinski definition) is 2. The van der Waals surface area contributed by atoms with Gasteiger partial charge in [-0.15, -0.1) is 12.4 Å². The van der Waals surface area contributed by atoms with E-state index in [2.05, 4.69) is 10.6 Å². The molecule has 2 amide bonds. The minimum Gasteiger partial charge on any atom is -0.378 e. The molecule has 27 heavy (non-hydrogen) atoms. The van der Waals surface area contributed by atoms with E-state index in [1.165, 1.54) is 0 Å². The quantitative estimate of drug-likeness (QED) is 0.808. The molecule has 8 heteroatoms. The molecule has 0 bridgehead atoms. The van der Waals surface area contributed by atoms with E-state index in [1.807, 2.05) is 18.7 Å². The lowest BCUT2D eigenvalue weighted by molar-refractivity contribution is -0.117. The summed E-state index contributed by atoms with van der Waals surface area (Å²) in [6, 6.07) is 7.09. The molecule has 2 saturated heterocycles. The summed E-state index contributed by atoms with van der Waals surface area (Å²) in [7, 11) is 0. The van der Waals surface area contributed by atoms with E-state index in [-0.39, 0.29) is 42.5 Å². The van der Waals surface area contributed by atoms with Crippen LogP contribution in [-0.4, -0.2) is 67.8 Å². The van der Waals surface area contributed by atoms with Crippen molar-refractivity contribution in [2.24, 2.45) is 0 Å². The number of halogens is 1. The van der Waals surface area contributed by atoms with E-state index in [0.29, 0.717) is 44.0 Å². The van der Waals surface area contributed by atoms with E-state index >= 15 is 0 Å². The summed E-state index contributed by atoms with van der Waals surface area (Å²) < 4.78 is 11.0. The standard InChI is InChI=1S/C19H27N3O4.ClH/c1-13-10-22(11-14(2)26-13)19(24)15-3-5-16(6-4-15)21-18(23)9-17-12-25-8-7-20-17;/h3-6,13-14,17,20H,7-12H2,1-2H3,(H,21,23);1H. The Labute approximate surface area is 166 Å². The lowest BCUT2D eigenvalue weighted by atomic mass is 10.1. The van der Waals surface area contributed by atoms with Crippen LogP contribution in [0.15, 0.2) is 24.3 Å². The Morgan fingerprint density at radius 1 is 1.19 bits per heavy atom. The van der Waals surface area contributed by atoms with Gasteiger partial charge >= 0.3 is 0 Å². The van der Waals surface area contributed by atoms with Crippen molar-refractivity contribution in [3.05, 3.63) is 29.8 Å². The summed E-state index contributed by atoms with van der Waals surface area (Å²) in [6.45, 7) is 7.15. The molecule has 2 aliphatic heterocycles. The molecule has 2 aliphatic rings. The van der Waals surface area contributed by atoms with Gasteiger partial charge in [0.05, 0.1) is 25.4 Å². The number of nitrogens with one attached hydrogen (secondary N) is 2. The molecule has 0 aromatic heterocycles. The molecule has 150 valence electrons. The third-order valence-corrected chi connectivity index (χ3v) is 4.55. The Morgan fingerprint density at radius 3 is 2.44 bits per heavy atom. The highest BCUT2D eigenvalue weighted by atomic mass is 35.5. The Morgan fingerprint density at radius 2 is 1.85 bits per heavy atom. The largest absolute Gasteiger partial charge is 0.378 e. The summed E-state index contributed by atoms with van der Waals surface area (Å²) >= 11 is 0. The number of ether oxygens (including phenoxy) is 2. The number of anilines is 1. The third-order valence-electron chi connectivity index (χ3n) is 4.55. The van der Waals surface area contributed by atoms with Crippen LogP contribution in [0.2, 0.25) is 0 Å². The van der Waals surface area contributed by atoms with Crippen molar-refractivity contribution in [3.8, 4) is 0 Å². The second-order valence-electron chi connectivity index (χ2n) is 7.02. The molecule has 2 fully saturated rings. The molecule has 1 aromatic carbocycles. The Kier molecular flexibility index (Phi) is 8.04. The molecule has 7 nitrogen and oxygen atoms in total. The topological polar surface area (TPSA) is 79.9 Å². The summed E-state index contributed by atoms with van der Waals surface area (Å²) in [5.41, 5.74) is 1.30. The maximum Gasteiger partial charge on any atom is 0.254 e. The molecule has 3 unspecified atom stereocenters. The number of benzene rings is 1. The fraction of sp³-hybridized carbons (Fsp3) is 0.579. The lowest BCUT2D eigenvalue weighted by Crippen LogP contribution is -2.48. The van der Waals surface area contributed by atoms with Crippen LogP contribution < -0.4 is 10.6 Å². The van der Waals surface area contributed by atoms with Crippen LogP contribution in [0.4, 0.5) is 5.69 Å². The van der Waals surface area contributed by atoms with Gasteiger partial charge in [0.15, 0.2) is 0 Å². The maximum atomic E-state index is 12.6. The van der Waals surface area contributed by atoms with E-state index in [9.17, 15) is 9.59 Å². The van der Waals surface area contributed by atoms with Gasteiger partial charge in [-0.3, -0.25) is 9.59 Å². The van der Waals surface area contributed by atoms with Gasteiger partial charge in [0.25, 0.3) is 5.91 Å². The second-order valence-corrected chi connectivity index (χ2v) is 7.02. The number of hydrogen-bond acceptors (Lipinski definition) is 5. The van der Waals surface area contributed by atoms with Crippen LogP contribution in [0.3, 0.4) is 0 Å². The smallest absolute Gasteiger partial charge is 0.254 e. The van der Waals surface area contributed by atoms with Gasteiger partial charge in [0.2, 0.25) is 5.91 Å². The van der Waals surface area contributed by atoms with Crippen LogP contribution in [0.1, 0.15) is 30.6 Å². The fourth-order valence-corrected chi connectivity index (χ4v) is 3.41. The van der Waals surface area contributed by atoms with Crippen LogP contribution in [-0.2, 0) is 14.3 Å². The van der Waals surface area contributed by atoms with Gasteiger partial charge in [-0.25, -0.2) is 0 Å². The molecule has 0 radical (unpaired) electrons. The lowest BCUT2D eigenvalue weighted by Gasteiger charge is -2.35. The number of amides is 2. The highest BCUT2D eigenvalue weighted by Crippen LogP contribution is 2.16. The van der Waals surface area contributed by atoms with Gasteiger partial charge in [-0.2, -0.15) is 0 Å². The molecule has 0 aliphatic carbocycles. The Bertz CT molecular complexity index is 624. The molecule has 2 N–H and O–H groups in total. The first kappa shape index (κ1) is 21.6. The van der Waals surface area contributed by atoms with E-state index in [4.69, 9.17) is 9.47 Å². The molecular formula is C19H28ClN3O4. The average molecular weight is 398 g/mol. The Balaban J connectivity index is 0.00000261. The first-order chi connectivity index (χ1) is 12.5. The van der Waals surface area contributed by atoms with Crippen LogP contribution in [0.5, 0.6) is 0 Å². The predicted molar refractivity (Wildman–Crippen MR) is 105 cm³/mol. The number of morpholine rings is 2. The highest BCUT2D eigenvalue weighted by molar-refractivity contribution is 5.96. The number of carbonyl (C=O) groups is 2. The zero-order valence-electron chi connectivity index (χ0n) is 15.8. The highest BCUT2D eigenvalue weighted by Gasteiger charge is 2.26. The molecule has 3 atom stereocenters. The molecule has 0 saturated carbocycles. The zero-order valence-corrected chi connectivity index (χ0v) is 16.6. The van der Waals surface area contributed by atoms with Crippen molar-refractivity contribution in [1.29, 1.82) is 0 Å². The van der Waals surface area contributed by atoms with Crippen molar-refractivity contribution in [2.45, 2.75) is 38.5 Å². The van der Waals surface area contributed by atoms with E-state index in [1.54, 1.807) is 24.3 Å². The summed E-state index contributed by atoms with van der Waals surface area (Å²) in [4.78, 5) is 26.6. The SMILES string of the molecule is CC1CN(C(=O)c2ccc(NC(=O)CC3COCCN3)cc2)CC(C)O1.Cl. The number of rotatable bonds is 4. The molecule has 3 rings (SSSR count). The molecule has 1 aromatic rings. The minimum atomic E-state index is -0.0668. The van der Waals surface area contributed by atoms with Crippen LogP contribution in [0, 0.1) is 0 Å². The van der Waals surface area contributed by atoms with E-state index < -0.39 is 0 Å².